The molecular weight excluding hydrogens is 270 g/mol. The first-order chi connectivity index (χ1) is 9.23. The van der Waals surface area contributed by atoms with Gasteiger partial charge in [-0.2, -0.15) is 8.78 Å². The zero-order chi connectivity index (χ0) is 15.8. The molecule has 0 aliphatic rings. The highest BCUT2D eigenvalue weighted by Crippen LogP contribution is 2.27. The van der Waals surface area contributed by atoms with Crippen molar-refractivity contribution in [1.82, 2.24) is 0 Å². The number of aliphatic carboxylic acids is 1. The molecule has 0 aliphatic heterocycles. The van der Waals surface area contributed by atoms with E-state index in [1.54, 1.807) is 0 Å². The van der Waals surface area contributed by atoms with Gasteiger partial charge in [0.1, 0.15) is 5.97 Å². The first kappa shape index (κ1) is 18.8. The Balaban J connectivity index is 4.33. The molecule has 1 unspecified atom stereocenters. The molecule has 118 valence electrons. The van der Waals surface area contributed by atoms with Gasteiger partial charge in [0.25, 0.3) is 0 Å². The van der Waals surface area contributed by atoms with Crippen molar-refractivity contribution in [1.29, 1.82) is 0 Å². The van der Waals surface area contributed by atoms with Gasteiger partial charge in [0, 0.05) is 6.42 Å². The Morgan fingerprint density at radius 3 is 2.15 bits per heavy atom. The third kappa shape index (κ3) is 6.30. The van der Waals surface area contributed by atoms with Crippen molar-refractivity contribution in [3.63, 3.8) is 0 Å². The van der Waals surface area contributed by atoms with Crippen LogP contribution in [-0.2, 0) is 14.3 Å². The van der Waals surface area contributed by atoms with Crippen LogP contribution in [0.5, 0.6) is 0 Å². The van der Waals surface area contributed by atoms with Crippen LogP contribution in [-0.4, -0.2) is 24.0 Å². The molecular formula is C14H23F2O4-. The lowest BCUT2D eigenvalue weighted by Gasteiger charge is -2.30. The molecule has 0 spiro atoms. The Kier molecular flexibility index (Phi) is 8.34. The highest BCUT2D eigenvalue weighted by Gasteiger charge is 2.45. The molecule has 0 bridgehead atoms. The maximum absolute atomic E-state index is 13.4. The largest absolute Gasteiger partial charge is 0.544 e. The quantitative estimate of drug-likeness (QED) is 0.458. The van der Waals surface area contributed by atoms with Gasteiger partial charge in [0.2, 0.25) is 0 Å². The third-order valence-electron chi connectivity index (χ3n) is 2.98. The van der Waals surface area contributed by atoms with Crippen LogP contribution >= 0.6 is 0 Å². The maximum Gasteiger partial charge on any atom is 0.323 e. The third-order valence-corrected chi connectivity index (χ3v) is 2.98. The van der Waals surface area contributed by atoms with Crippen LogP contribution in [0.2, 0.25) is 0 Å². The highest BCUT2D eigenvalue weighted by molar-refractivity contribution is 5.75. The fourth-order valence-corrected chi connectivity index (χ4v) is 1.82. The van der Waals surface area contributed by atoms with Gasteiger partial charge in [-0.15, -0.1) is 0 Å². The van der Waals surface area contributed by atoms with Crippen LogP contribution in [0.3, 0.4) is 0 Å². The minimum Gasteiger partial charge on any atom is -0.544 e. The predicted molar refractivity (Wildman–Crippen MR) is 68.0 cm³/mol. The molecule has 0 amide bonds. The van der Waals surface area contributed by atoms with Gasteiger partial charge in [-0.1, -0.05) is 46.5 Å². The van der Waals surface area contributed by atoms with E-state index < -0.39 is 29.9 Å². The molecule has 0 saturated heterocycles. The second-order valence-electron chi connectivity index (χ2n) is 5.23. The maximum atomic E-state index is 13.4. The van der Waals surface area contributed by atoms with Crippen molar-refractivity contribution < 1.29 is 28.2 Å². The number of esters is 1. The molecule has 0 saturated carbocycles. The van der Waals surface area contributed by atoms with Crippen LogP contribution in [0.4, 0.5) is 8.78 Å². The van der Waals surface area contributed by atoms with E-state index in [0.717, 1.165) is 25.7 Å². The summed E-state index contributed by atoms with van der Waals surface area (Å²) in [6.07, 6.45) is 2.52. The Hall–Kier alpha value is -1.20. The van der Waals surface area contributed by atoms with Gasteiger partial charge in [-0.3, -0.25) is 4.79 Å². The van der Waals surface area contributed by atoms with E-state index in [1.165, 1.54) is 13.8 Å². The number of ether oxygens (including phenoxy) is 1. The zero-order valence-electron chi connectivity index (χ0n) is 12.3. The SMILES string of the molecule is CCCCCCCC(=O)OC(C(C)C)C(F)(F)C(=O)[O-]. The monoisotopic (exact) mass is 293 g/mol. The summed E-state index contributed by atoms with van der Waals surface area (Å²) in [5, 5.41) is 10.4. The number of hydrogen-bond donors (Lipinski definition) is 0. The average Bonchev–Trinajstić information content (AvgIpc) is 2.34. The summed E-state index contributed by atoms with van der Waals surface area (Å²) in [5.74, 6) is -8.30. The van der Waals surface area contributed by atoms with E-state index in [9.17, 15) is 23.5 Å². The van der Waals surface area contributed by atoms with E-state index in [4.69, 9.17) is 0 Å². The second kappa shape index (κ2) is 8.87. The van der Waals surface area contributed by atoms with Crippen molar-refractivity contribution in [3.05, 3.63) is 0 Å². The topological polar surface area (TPSA) is 66.4 Å². The van der Waals surface area contributed by atoms with Crippen molar-refractivity contribution in [2.75, 3.05) is 0 Å². The molecule has 0 rings (SSSR count). The van der Waals surface area contributed by atoms with E-state index >= 15 is 0 Å². The molecule has 6 heteroatoms. The van der Waals surface area contributed by atoms with Gasteiger partial charge in [0.15, 0.2) is 6.10 Å². The number of carboxylic acids is 1. The molecule has 0 aromatic carbocycles. The van der Waals surface area contributed by atoms with Gasteiger partial charge >= 0.3 is 11.9 Å². The molecule has 4 nitrogen and oxygen atoms in total. The number of hydrogen-bond acceptors (Lipinski definition) is 4. The summed E-state index contributed by atoms with van der Waals surface area (Å²) < 4.78 is 31.4. The van der Waals surface area contributed by atoms with Gasteiger partial charge in [-0.25, -0.2) is 0 Å². The normalized spacial score (nSPS) is 13.3. The lowest BCUT2D eigenvalue weighted by molar-refractivity contribution is -0.337. The standard InChI is InChI=1S/C14H24F2O4/c1-4-5-6-7-8-9-11(17)20-12(10(2)3)14(15,16)13(18)19/h10,12H,4-9H2,1-3H3,(H,18,19)/p-1. The molecule has 0 radical (unpaired) electrons. The fourth-order valence-electron chi connectivity index (χ4n) is 1.82. The molecule has 1 atom stereocenters. The molecule has 0 aromatic heterocycles. The first-order valence-electron chi connectivity index (χ1n) is 7.02. The summed E-state index contributed by atoms with van der Waals surface area (Å²) in [7, 11) is 0. The summed E-state index contributed by atoms with van der Waals surface area (Å²) >= 11 is 0. The Bertz CT molecular complexity index is 316. The van der Waals surface area contributed by atoms with Gasteiger partial charge in [0.05, 0.1) is 0 Å². The van der Waals surface area contributed by atoms with Crippen molar-refractivity contribution >= 4 is 11.9 Å². The molecule has 20 heavy (non-hydrogen) atoms. The number of halogens is 2. The van der Waals surface area contributed by atoms with E-state index in [0.29, 0.717) is 6.42 Å². The Morgan fingerprint density at radius 1 is 1.15 bits per heavy atom. The number of alkyl halides is 2. The average molecular weight is 293 g/mol. The molecule has 0 aliphatic carbocycles. The minimum absolute atomic E-state index is 0.0239. The van der Waals surface area contributed by atoms with Crippen LogP contribution in [0.25, 0.3) is 0 Å². The van der Waals surface area contributed by atoms with E-state index in [1.807, 2.05) is 0 Å². The number of carbonyl (C=O) groups is 2. The molecule has 0 heterocycles. The highest BCUT2D eigenvalue weighted by atomic mass is 19.3. The Labute approximate surface area is 118 Å². The fraction of sp³-hybridized carbons (Fsp3) is 0.857. The number of rotatable bonds is 10. The van der Waals surface area contributed by atoms with Gasteiger partial charge in [-0.05, 0) is 12.3 Å². The van der Waals surface area contributed by atoms with Crippen LogP contribution < -0.4 is 5.11 Å². The first-order valence-corrected chi connectivity index (χ1v) is 7.02. The summed E-state index contributed by atoms with van der Waals surface area (Å²) in [6, 6.07) is 0. The number of carbonyl (C=O) groups excluding carboxylic acids is 2. The van der Waals surface area contributed by atoms with Crippen molar-refractivity contribution in [2.24, 2.45) is 5.92 Å². The summed E-state index contributed by atoms with van der Waals surface area (Å²) in [4.78, 5) is 21.9. The van der Waals surface area contributed by atoms with Crippen LogP contribution in [0.1, 0.15) is 59.3 Å². The molecule has 0 N–H and O–H groups in total. The minimum atomic E-state index is -4.17. The van der Waals surface area contributed by atoms with Gasteiger partial charge < -0.3 is 14.6 Å². The number of carboxylic acid groups (broad SMARTS) is 1. The molecule has 0 aromatic rings. The van der Waals surface area contributed by atoms with E-state index in [2.05, 4.69) is 11.7 Å². The lowest BCUT2D eigenvalue weighted by Crippen LogP contribution is -2.53. The van der Waals surface area contributed by atoms with Crippen LogP contribution in [0.15, 0.2) is 0 Å². The number of unbranched alkanes of at least 4 members (excludes halogenated alkanes) is 4. The second-order valence-corrected chi connectivity index (χ2v) is 5.23. The summed E-state index contributed by atoms with van der Waals surface area (Å²) in [6.45, 7) is 4.80. The van der Waals surface area contributed by atoms with Crippen molar-refractivity contribution in [2.45, 2.75) is 71.3 Å². The van der Waals surface area contributed by atoms with E-state index in [-0.39, 0.29) is 6.42 Å². The van der Waals surface area contributed by atoms with Crippen LogP contribution in [0, 0.1) is 5.92 Å². The smallest absolute Gasteiger partial charge is 0.323 e. The van der Waals surface area contributed by atoms with Crippen molar-refractivity contribution in [3.8, 4) is 0 Å². The molecule has 0 fully saturated rings. The predicted octanol–water partition coefficient (Wildman–Crippen LogP) is 2.30. The lowest BCUT2D eigenvalue weighted by atomic mass is 10.0. The Morgan fingerprint density at radius 2 is 1.70 bits per heavy atom. The summed E-state index contributed by atoms with van der Waals surface area (Å²) in [5.41, 5.74) is 0. The zero-order valence-corrected chi connectivity index (χ0v) is 12.3.